The van der Waals surface area contributed by atoms with Gasteiger partial charge in [0.2, 0.25) is 0 Å². The number of benzene rings is 2. The minimum Gasteiger partial charge on any atom is -0.494 e. The molecule has 4 aromatic rings. The van der Waals surface area contributed by atoms with Gasteiger partial charge in [0, 0.05) is 10.9 Å². The van der Waals surface area contributed by atoms with Crippen LogP contribution in [0.3, 0.4) is 0 Å². The molecule has 27 heavy (non-hydrogen) atoms. The third-order valence-corrected chi connectivity index (χ3v) is 5.53. The molecule has 0 aliphatic carbocycles. The van der Waals surface area contributed by atoms with Gasteiger partial charge in [-0.05, 0) is 42.7 Å². The fourth-order valence-corrected chi connectivity index (χ4v) is 4.07. The number of nitrogens with zero attached hydrogens (tertiary/aromatic N) is 2. The second-order valence-corrected chi connectivity index (χ2v) is 7.25. The van der Waals surface area contributed by atoms with E-state index in [1.807, 2.05) is 54.8 Å². The highest BCUT2D eigenvalue weighted by molar-refractivity contribution is 7.17. The number of aryl methyl sites for hydroxylation is 1. The zero-order valence-electron chi connectivity index (χ0n) is 15.3. The topological polar surface area (TPSA) is 44.1 Å². The van der Waals surface area contributed by atoms with E-state index in [0.29, 0.717) is 18.5 Å². The van der Waals surface area contributed by atoms with Crippen LogP contribution in [0.2, 0.25) is 0 Å². The van der Waals surface area contributed by atoms with Gasteiger partial charge in [-0.25, -0.2) is 4.98 Å². The van der Waals surface area contributed by atoms with Crippen molar-refractivity contribution in [2.24, 2.45) is 0 Å². The van der Waals surface area contributed by atoms with E-state index in [1.54, 1.807) is 10.9 Å². The minimum absolute atomic E-state index is 0.00612. The lowest BCUT2D eigenvalue weighted by molar-refractivity contribution is 0.340. The van der Waals surface area contributed by atoms with Crippen LogP contribution in [-0.2, 0) is 6.54 Å². The second-order valence-electron chi connectivity index (χ2n) is 6.39. The van der Waals surface area contributed by atoms with E-state index >= 15 is 0 Å². The average Bonchev–Trinajstić information content (AvgIpc) is 3.11. The summed E-state index contributed by atoms with van der Waals surface area (Å²) in [5, 5.41) is 2.69. The van der Waals surface area contributed by atoms with Crippen molar-refractivity contribution in [1.82, 2.24) is 9.55 Å². The summed E-state index contributed by atoms with van der Waals surface area (Å²) in [5.41, 5.74) is 4.21. The summed E-state index contributed by atoms with van der Waals surface area (Å²) in [7, 11) is 0. The Bertz CT molecular complexity index is 1140. The molecule has 0 saturated carbocycles. The third kappa shape index (κ3) is 3.38. The molecule has 5 heteroatoms. The van der Waals surface area contributed by atoms with Crippen molar-refractivity contribution in [3.8, 4) is 16.9 Å². The lowest BCUT2D eigenvalue weighted by Crippen LogP contribution is -2.21. The van der Waals surface area contributed by atoms with Crippen LogP contribution in [0.1, 0.15) is 18.1 Å². The Labute approximate surface area is 161 Å². The van der Waals surface area contributed by atoms with Crippen LogP contribution < -0.4 is 10.3 Å². The quantitative estimate of drug-likeness (QED) is 0.499. The Hall–Kier alpha value is -2.92. The molecule has 0 saturated heterocycles. The van der Waals surface area contributed by atoms with Crippen LogP contribution in [0.15, 0.2) is 65.0 Å². The zero-order valence-corrected chi connectivity index (χ0v) is 16.1. The fraction of sp³-hybridized carbons (Fsp3) is 0.182. The summed E-state index contributed by atoms with van der Waals surface area (Å²) in [6, 6.07) is 16.0. The van der Waals surface area contributed by atoms with Gasteiger partial charge in [-0.3, -0.25) is 9.36 Å². The number of aromatic nitrogens is 2. The van der Waals surface area contributed by atoms with Gasteiger partial charge in [0.25, 0.3) is 5.56 Å². The van der Waals surface area contributed by atoms with Crippen molar-refractivity contribution in [2.45, 2.75) is 20.4 Å². The highest BCUT2D eigenvalue weighted by atomic mass is 32.1. The van der Waals surface area contributed by atoms with Gasteiger partial charge >= 0.3 is 0 Å². The molecule has 0 N–H and O–H groups in total. The van der Waals surface area contributed by atoms with E-state index in [2.05, 4.69) is 18.0 Å². The molecule has 4 rings (SSSR count). The van der Waals surface area contributed by atoms with E-state index in [4.69, 9.17) is 4.74 Å². The van der Waals surface area contributed by atoms with Crippen molar-refractivity contribution in [1.29, 1.82) is 0 Å². The van der Waals surface area contributed by atoms with E-state index in [0.717, 1.165) is 27.3 Å². The molecule has 0 atom stereocenters. The van der Waals surface area contributed by atoms with Gasteiger partial charge in [-0.15, -0.1) is 11.3 Å². The van der Waals surface area contributed by atoms with Gasteiger partial charge in [-0.2, -0.15) is 0 Å². The first kappa shape index (κ1) is 17.5. The molecule has 0 bridgehead atoms. The predicted molar refractivity (Wildman–Crippen MR) is 111 cm³/mol. The number of hydrogen-bond acceptors (Lipinski definition) is 4. The Balaban J connectivity index is 1.77. The highest BCUT2D eigenvalue weighted by Crippen LogP contribution is 2.31. The van der Waals surface area contributed by atoms with E-state index in [1.165, 1.54) is 16.9 Å². The van der Waals surface area contributed by atoms with Gasteiger partial charge in [-0.1, -0.05) is 36.4 Å². The number of ether oxygens (including phenoxy) is 1. The molecule has 136 valence electrons. The molecule has 0 amide bonds. The molecule has 0 spiro atoms. The Morgan fingerprint density at radius 3 is 2.63 bits per heavy atom. The molecule has 0 unspecified atom stereocenters. The maximum atomic E-state index is 13.2. The van der Waals surface area contributed by atoms with Crippen molar-refractivity contribution in [3.05, 3.63) is 81.7 Å². The molecule has 4 nitrogen and oxygen atoms in total. The SMILES string of the molecule is CCOc1ccc(-c2csc3ncn(Cc4ccccc4C)c(=O)c23)cc1. The van der Waals surface area contributed by atoms with Crippen LogP contribution in [0.4, 0.5) is 0 Å². The van der Waals surface area contributed by atoms with Crippen molar-refractivity contribution < 1.29 is 4.74 Å². The maximum Gasteiger partial charge on any atom is 0.263 e. The van der Waals surface area contributed by atoms with Crippen LogP contribution in [0.5, 0.6) is 5.75 Å². The monoisotopic (exact) mass is 376 g/mol. The highest BCUT2D eigenvalue weighted by Gasteiger charge is 2.14. The molecular weight excluding hydrogens is 356 g/mol. The van der Waals surface area contributed by atoms with Gasteiger partial charge in [0.05, 0.1) is 24.9 Å². The van der Waals surface area contributed by atoms with E-state index < -0.39 is 0 Å². The van der Waals surface area contributed by atoms with Crippen molar-refractivity contribution in [3.63, 3.8) is 0 Å². The van der Waals surface area contributed by atoms with Crippen molar-refractivity contribution in [2.75, 3.05) is 6.61 Å². The lowest BCUT2D eigenvalue weighted by Gasteiger charge is -2.09. The smallest absolute Gasteiger partial charge is 0.263 e. The van der Waals surface area contributed by atoms with Gasteiger partial charge in [0.1, 0.15) is 10.6 Å². The first-order valence-electron chi connectivity index (χ1n) is 8.91. The Kier molecular flexibility index (Phi) is 4.77. The molecule has 0 radical (unpaired) electrons. The maximum absolute atomic E-state index is 13.2. The minimum atomic E-state index is -0.00612. The van der Waals surface area contributed by atoms with Crippen LogP contribution >= 0.6 is 11.3 Å². The summed E-state index contributed by atoms with van der Waals surface area (Å²) >= 11 is 1.50. The Morgan fingerprint density at radius 1 is 1.11 bits per heavy atom. The second kappa shape index (κ2) is 7.37. The molecule has 0 aliphatic heterocycles. The van der Waals surface area contributed by atoms with Gasteiger partial charge in [0.15, 0.2) is 0 Å². The van der Waals surface area contributed by atoms with Crippen LogP contribution in [-0.4, -0.2) is 16.2 Å². The standard InChI is InChI=1S/C22H20N2O2S/c1-3-26-18-10-8-16(9-11-18)19-13-27-21-20(19)22(25)24(14-23-21)12-17-7-5-4-6-15(17)2/h4-11,13-14H,3,12H2,1-2H3. The number of fused-ring (bicyclic) bond motifs is 1. The lowest BCUT2D eigenvalue weighted by atomic mass is 10.1. The summed E-state index contributed by atoms with van der Waals surface area (Å²) in [6.07, 6.45) is 1.65. The summed E-state index contributed by atoms with van der Waals surface area (Å²) < 4.78 is 7.20. The summed E-state index contributed by atoms with van der Waals surface area (Å²) in [6.45, 7) is 5.17. The van der Waals surface area contributed by atoms with Crippen molar-refractivity contribution >= 4 is 21.6 Å². The molecule has 2 aromatic heterocycles. The first-order valence-corrected chi connectivity index (χ1v) is 9.79. The van der Waals surface area contributed by atoms with Crippen LogP contribution in [0.25, 0.3) is 21.3 Å². The number of hydrogen-bond donors (Lipinski definition) is 0. The third-order valence-electron chi connectivity index (χ3n) is 4.64. The van der Waals surface area contributed by atoms with Gasteiger partial charge < -0.3 is 4.74 Å². The molecule has 0 aliphatic rings. The summed E-state index contributed by atoms with van der Waals surface area (Å²) in [4.78, 5) is 18.5. The predicted octanol–water partition coefficient (Wildman–Crippen LogP) is 4.88. The summed E-state index contributed by atoms with van der Waals surface area (Å²) in [5.74, 6) is 0.830. The van der Waals surface area contributed by atoms with E-state index in [9.17, 15) is 4.79 Å². The Morgan fingerprint density at radius 2 is 1.89 bits per heavy atom. The number of thiophene rings is 1. The molecule has 0 fully saturated rings. The first-order chi connectivity index (χ1) is 13.2. The average molecular weight is 376 g/mol. The fourth-order valence-electron chi connectivity index (χ4n) is 3.16. The van der Waals surface area contributed by atoms with Crippen LogP contribution in [0, 0.1) is 6.92 Å². The number of rotatable bonds is 5. The zero-order chi connectivity index (χ0) is 18.8. The largest absolute Gasteiger partial charge is 0.494 e. The normalized spacial score (nSPS) is 11.0. The molecule has 2 aromatic carbocycles. The van der Waals surface area contributed by atoms with E-state index in [-0.39, 0.29) is 5.56 Å². The molecular formula is C22H20N2O2S. The molecule has 2 heterocycles.